The van der Waals surface area contributed by atoms with Gasteiger partial charge in [-0.3, -0.25) is 0 Å². The Morgan fingerprint density at radius 2 is 2.57 bits per heavy atom. The highest BCUT2D eigenvalue weighted by Gasteiger charge is 2.12. The van der Waals surface area contributed by atoms with Gasteiger partial charge in [-0.2, -0.15) is 0 Å². The van der Waals surface area contributed by atoms with E-state index in [0.29, 0.717) is 5.90 Å². The van der Waals surface area contributed by atoms with Crippen LogP contribution in [0.15, 0.2) is 5.16 Å². The molecule has 4 nitrogen and oxygen atoms in total. The van der Waals surface area contributed by atoms with Crippen molar-refractivity contribution in [3.8, 4) is 0 Å². The average molecular weight is 103 g/mol. The summed E-state index contributed by atoms with van der Waals surface area (Å²) in [6.07, 6.45) is 0. The minimum Gasteiger partial charge on any atom is -0.414 e. The lowest BCUT2D eigenvalue weighted by Crippen LogP contribution is -2.07. The smallest absolute Gasteiger partial charge is 0.381 e. The number of aliphatic hydroxyl groups is 1. The molecule has 40 valence electrons. The number of rotatable bonds is 0. The number of oxime groups is 1. The van der Waals surface area contributed by atoms with Crippen molar-refractivity contribution in [1.82, 2.24) is 0 Å². The van der Waals surface area contributed by atoms with E-state index in [-0.39, 0.29) is 0 Å². The van der Waals surface area contributed by atoms with E-state index in [1.165, 1.54) is 0 Å². The van der Waals surface area contributed by atoms with E-state index in [4.69, 9.17) is 5.11 Å². The summed E-state index contributed by atoms with van der Waals surface area (Å²) in [5.74, 6) is 0.354. The Morgan fingerprint density at radius 3 is 2.71 bits per heavy atom. The molecule has 0 aliphatic carbocycles. The number of aliphatic hydroxyl groups excluding tert-OH is 1. The highest BCUT2D eigenvalue weighted by molar-refractivity contribution is 5.73. The summed E-state index contributed by atoms with van der Waals surface area (Å²) in [5.41, 5.74) is 0. The van der Waals surface area contributed by atoms with Crippen LogP contribution in [0.25, 0.3) is 0 Å². The maximum atomic E-state index is 8.34. The largest absolute Gasteiger partial charge is 0.414 e. The molecule has 1 heterocycles. The molecular weight excluding hydrogens is 98.0 g/mol. The monoisotopic (exact) mass is 103 g/mol. The van der Waals surface area contributed by atoms with Crippen LogP contribution in [0.3, 0.4) is 0 Å². The first-order chi connectivity index (χ1) is 3.29. The van der Waals surface area contributed by atoms with E-state index in [9.17, 15) is 0 Å². The molecule has 0 bridgehead atoms. The molecule has 1 atom stereocenters. The fourth-order valence-corrected chi connectivity index (χ4v) is 0.308. The van der Waals surface area contributed by atoms with Crippen LogP contribution < -0.4 is 0 Å². The molecule has 0 saturated carbocycles. The Hall–Kier alpha value is -0.770. The summed E-state index contributed by atoms with van der Waals surface area (Å²) in [4.78, 5) is 4.19. The second-order valence-corrected chi connectivity index (χ2v) is 1.14. The van der Waals surface area contributed by atoms with Gasteiger partial charge in [0.1, 0.15) is 0 Å². The Labute approximate surface area is 40.3 Å². The molecule has 1 unspecified atom stereocenters. The SMILES string of the molecule is CC1=NOC(O)O1. The van der Waals surface area contributed by atoms with Gasteiger partial charge in [-0.25, -0.2) is 0 Å². The maximum absolute atomic E-state index is 8.34. The quantitative estimate of drug-likeness (QED) is 0.455. The van der Waals surface area contributed by atoms with Gasteiger partial charge < -0.3 is 14.7 Å². The van der Waals surface area contributed by atoms with E-state index in [1.54, 1.807) is 6.92 Å². The summed E-state index contributed by atoms with van der Waals surface area (Å²) < 4.78 is 4.44. The predicted molar refractivity (Wildman–Crippen MR) is 21.3 cm³/mol. The molecule has 7 heavy (non-hydrogen) atoms. The molecule has 1 aliphatic rings. The van der Waals surface area contributed by atoms with Crippen LogP contribution in [0.5, 0.6) is 0 Å². The van der Waals surface area contributed by atoms with Gasteiger partial charge >= 0.3 is 6.48 Å². The molecule has 1 aliphatic heterocycles. The van der Waals surface area contributed by atoms with E-state index in [1.807, 2.05) is 0 Å². The van der Waals surface area contributed by atoms with E-state index in [2.05, 4.69) is 14.7 Å². The number of hydrogen-bond donors (Lipinski definition) is 1. The molecule has 4 heteroatoms. The van der Waals surface area contributed by atoms with Crippen molar-refractivity contribution in [2.75, 3.05) is 0 Å². The van der Waals surface area contributed by atoms with Crippen molar-refractivity contribution in [3.63, 3.8) is 0 Å². The summed E-state index contributed by atoms with van der Waals surface area (Å²) in [6, 6.07) is 0. The van der Waals surface area contributed by atoms with Crippen molar-refractivity contribution in [1.29, 1.82) is 0 Å². The lowest BCUT2D eigenvalue weighted by molar-refractivity contribution is -0.196. The molecule has 0 aromatic rings. The zero-order valence-electron chi connectivity index (χ0n) is 3.79. The number of ether oxygens (including phenoxy) is 1. The van der Waals surface area contributed by atoms with Gasteiger partial charge in [0, 0.05) is 6.92 Å². The highest BCUT2D eigenvalue weighted by Crippen LogP contribution is 2.00. The fraction of sp³-hybridized carbons (Fsp3) is 0.667. The first-order valence-corrected chi connectivity index (χ1v) is 1.84. The van der Waals surface area contributed by atoms with Crippen LogP contribution in [0.1, 0.15) is 6.92 Å². The molecule has 1 N–H and O–H groups in total. The van der Waals surface area contributed by atoms with Crippen LogP contribution >= 0.6 is 0 Å². The second-order valence-electron chi connectivity index (χ2n) is 1.14. The van der Waals surface area contributed by atoms with E-state index >= 15 is 0 Å². The lowest BCUT2D eigenvalue weighted by Gasteiger charge is -1.95. The molecule has 0 amide bonds. The molecule has 0 saturated heterocycles. The zero-order chi connectivity index (χ0) is 5.28. The van der Waals surface area contributed by atoms with Gasteiger partial charge in [0.15, 0.2) is 0 Å². The normalized spacial score (nSPS) is 28.3. The minimum atomic E-state index is -1.18. The second kappa shape index (κ2) is 1.38. The van der Waals surface area contributed by atoms with Crippen LogP contribution in [0.4, 0.5) is 0 Å². The standard InChI is InChI=1S/C3H5NO3/c1-2-4-7-3(5)6-2/h3,5H,1H3. The lowest BCUT2D eigenvalue weighted by atomic mass is 10.8. The number of hydrogen-bond acceptors (Lipinski definition) is 4. The van der Waals surface area contributed by atoms with Crippen molar-refractivity contribution < 1.29 is 14.7 Å². The molecule has 0 radical (unpaired) electrons. The van der Waals surface area contributed by atoms with Gasteiger partial charge in [0.2, 0.25) is 5.90 Å². The Kier molecular flexibility index (Phi) is 0.867. The molecule has 0 aromatic heterocycles. The van der Waals surface area contributed by atoms with E-state index < -0.39 is 6.48 Å². The summed E-state index contributed by atoms with van der Waals surface area (Å²) >= 11 is 0. The van der Waals surface area contributed by atoms with Crippen molar-refractivity contribution in [2.45, 2.75) is 13.4 Å². The van der Waals surface area contributed by atoms with Gasteiger partial charge in [0.25, 0.3) is 0 Å². The fourth-order valence-electron chi connectivity index (χ4n) is 0.308. The van der Waals surface area contributed by atoms with Crippen LogP contribution in [-0.4, -0.2) is 17.5 Å². The van der Waals surface area contributed by atoms with Crippen LogP contribution in [0, 0.1) is 0 Å². The average Bonchev–Trinajstić information content (AvgIpc) is 1.87. The zero-order valence-corrected chi connectivity index (χ0v) is 3.79. The van der Waals surface area contributed by atoms with Crippen LogP contribution in [0.2, 0.25) is 0 Å². The molecule has 1 rings (SSSR count). The number of nitrogens with zero attached hydrogens (tertiary/aromatic N) is 1. The Bertz CT molecular complexity index is 100. The topological polar surface area (TPSA) is 51.0 Å². The maximum Gasteiger partial charge on any atom is 0.381 e. The molecule has 0 fully saturated rings. The summed E-state index contributed by atoms with van der Waals surface area (Å²) in [5, 5.41) is 11.6. The van der Waals surface area contributed by atoms with E-state index in [0.717, 1.165) is 0 Å². The van der Waals surface area contributed by atoms with Gasteiger partial charge in [-0.15, -0.1) is 0 Å². The van der Waals surface area contributed by atoms with Crippen LogP contribution in [-0.2, 0) is 9.57 Å². The third-order valence-electron chi connectivity index (χ3n) is 0.543. The summed E-state index contributed by atoms with van der Waals surface area (Å²) in [7, 11) is 0. The summed E-state index contributed by atoms with van der Waals surface area (Å²) in [6.45, 7) is 0.413. The first-order valence-electron chi connectivity index (χ1n) is 1.84. The van der Waals surface area contributed by atoms with Gasteiger partial charge in [-0.1, -0.05) is 0 Å². The van der Waals surface area contributed by atoms with Gasteiger partial charge in [0.05, 0.1) is 0 Å². The third-order valence-corrected chi connectivity index (χ3v) is 0.543. The predicted octanol–water partition coefficient (Wildman–Crippen LogP) is -0.357. The van der Waals surface area contributed by atoms with Crippen molar-refractivity contribution in [2.24, 2.45) is 5.16 Å². The molecular formula is C3H5NO3. The Balaban J connectivity index is 2.42. The first kappa shape index (κ1) is 4.39. The third kappa shape index (κ3) is 0.806. The van der Waals surface area contributed by atoms with Gasteiger partial charge in [-0.05, 0) is 5.16 Å². The highest BCUT2D eigenvalue weighted by atomic mass is 16.9. The van der Waals surface area contributed by atoms with Crippen molar-refractivity contribution >= 4 is 5.90 Å². The molecule has 0 spiro atoms. The Morgan fingerprint density at radius 1 is 1.86 bits per heavy atom. The molecule has 0 aromatic carbocycles. The minimum absolute atomic E-state index is 0.354. The van der Waals surface area contributed by atoms with Crippen molar-refractivity contribution in [3.05, 3.63) is 0 Å².